The van der Waals surface area contributed by atoms with Gasteiger partial charge in [0.25, 0.3) is 0 Å². The van der Waals surface area contributed by atoms with Gasteiger partial charge < -0.3 is 16.4 Å². The quantitative estimate of drug-likeness (QED) is 0.414. The second kappa shape index (κ2) is 7.95. The third-order valence-electron chi connectivity index (χ3n) is 6.59. The SMILES string of the molecule is Nc1nccc(Sc2cnc(N3CCC4(CC3)Cc3sc(Cl)nc3[C@H]4N)n3cnnc23)c1Cl. The summed E-state index contributed by atoms with van der Waals surface area (Å²) in [6.45, 7) is 1.69. The predicted octanol–water partition coefficient (Wildman–Crippen LogP) is 3.86. The minimum absolute atomic E-state index is 0.0371. The van der Waals surface area contributed by atoms with Gasteiger partial charge >= 0.3 is 0 Å². The highest BCUT2D eigenvalue weighted by Crippen LogP contribution is 2.52. The highest BCUT2D eigenvalue weighted by atomic mass is 35.5. The van der Waals surface area contributed by atoms with E-state index in [0.29, 0.717) is 15.3 Å². The summed E-state index contributed by atoms with van der Waals surface area (Å²) in [5, 5.41) is 8.88. The van der Waals surface area contributed by atoms with Crippen LogP contribution in [0.4, 0.5) is 11.8 Å². The van der Waals surface area contributed by atoms with Gasteiger partial charge in [0.15, 0.2) is 10.1 Å². The molecule has 2 aliphatic rings. The smallest absolute Gasteiger partial charge is 0.212 e. The second-order valence-electron chi connectivity index (χ2n) is 8.34. The van der Waals surface area contributed by atoms with Crippen LogP contribution in [0.1, 0.15) is 29.5 Å². The number of nitrogens with two attached hydrogens (primary N) is 2. The summed E-state index contributed by atoms with van der Waals surface area (Å²) in [6.07, 6.45) is 8.01. The molecule has 1 fully saturated rings. The van der Waals surface area contributed by atoms with E-state index in [9.17, 15) is 0 Å². The van der Waals surface area contributed by atoms with Gasteiger partial charge in [-0.25, -0.2) is 19.4 Å². The Morgan fingerprint density at radius 2 is 2.00 bits per heavy atom. The first kappa shape index (κ1) is 21.4. The average Bonchev–Trinajstić information content (AvgIpc) is 3.49. The molecule has 13 heteroatoms. The van der Waals surface area contributed by atoms with Crippen LogP contribution < -0.4 is 16.4 Å². The van der Waals surface area contributed by atoms with Crippen molar-refractivity contribution in [1.29, 1.82) is 0 Å². The van der Waals surface area contributed by atoms with Crippen LogP contribution >= 0.6 is 46.3 Å². The van der Waals surface area contributed by atoms with Gasteiger partial charge in [0, 0.05) is 35.3 Å². The Bertz CT molecular complexity index is 1360. The predicted molar refractivity (Wildman–Crippen MR) is 130 cm³/mol. The highest BCUT2D eigenvalue weighted by molar-refractivity contribution is 7.99. The molecule has 0 radical (unpaired) electrons. The van der Waals surface area contributed by atoms with Crippen molar-refractivity contribution in [1.82, 2.24) is 29.5 Å². The number of anilines is 2. The Morgan fingerprint density at radius 3 is 2.79 bits per heavy atom. The molecule has 4 aromatic rings. The van der Waals surface area contributed by atoms with Crippen LogP contribution in [0.2, 0.25) is 9.49 Å². The molecular weight excluding hydrogens is 501 g/mol. The third kappa shape index (κ3) is 3.45. The molecule has 1 aliphatic carbocycles. The largest absolute Gasteiger partial charge is 0.382 e. The number of halogens is 2. The minimum atomic E-state index is -0.0717. The Hall–Kier alpha value is -2.18. The lowest BCUT2D eigenvalue weighted by Gasteiger charge is -2.42. The van der Waals surface area contributed by atoms with Crippen molar-refractivity contribution in [3.8, 4) is 0 Å². The summed E-state index contributed by atoms with van der Waals surface area (Å²) in [5.41, 5.74) is 14.2. The van der Waals surface area contributed by atoms with E-state index in [-0.39, 0.29) is 11.5 Å². The van der Waals surface area contributed by atoms with Crippen molar-refractivity contribution in [2.75, 3.05) is 23.7 Å². The number of nitrogen functional groups attached to an aromatic ring is 1. The van der Waals surface area contributed by atoms with Crippen molar-refractivity contribution in [3.05, 3.63) is 44.8 Å². The molecule has 0 unspecified atom stereocenters. The third-order valence-corrected chi connectivity index (χ3v) is 9.34. The van der Waals surface area contributed by atoms with E-state index in [4.69, 9.17) is 39.7 Å². The molecule has 6 rings (SSSR count). The van der Waals surface area contributed by atoms with Crippen molar-refractivity contribution >= 4 is 63.7 Å². The minimum Gasteiger partial charge on any atom is -0.382 e. The van der Waals surface area contributed by atoms with Crippen molar-refractivity contribution in [2.24, 2.45) is 11.1 Å². The highest BCUT2D eigenvalue weighted by Gasteiger charge is 2.48. The molecule has 1 atom stereocenters. The molecule has 33 heavy (non-hydrogen) atoms. The van der Waals surface area contributed by atoms with Crippen molar-refractivity contribution in [2.45, 2.75) is 35.1 Å². The molecule has 0 aromatic carbocycles. The fourth-order valence-electron chi connectivity index (χ4n) is 4.79. The zero-order chi connectivity index (χ0) is 22.7. The lowest BCUT2D eigenvalue weighted by atomic mass is 9.74. The molecule has 1 aliphatic heterocycles. The zero-order valence-electron chi connectivity index (χ0n) is 17.3. The van der Waals surface area contributed by atoms with Gasteiger partial charge in [0.2, 0.25) is 5.95 Å². The van der Waals surface area contributed by atoms with Gasteiger partial charge in [-0.3, -0.25) is 0 Å². The van der Waals surface area contributed by atoms with Crippen LogP contribution in [0.15, 0.2) is 34.6 Å². The molecule has 5 heterocycles. The molecule has 0 amide bonds. The molecule has 9 nitrogen and oxygen atoms in total. The fraction of sp³-hybridized carbons (Fsp3) is 0.350. The number of pyridine rings is 1. The van der Waals surface area contributed by atoms with Gasteiger partial charge in [-0.1, -0.05) is 35.0 Å². The van der Waals surface area contributed by atoms with Crippen LogP contribution in [0, 0.1) is 5.41 Å². The molecule has 4 aromatic heterocycles. The number of nitrogens with zero attached hydrogens (tertiary/aromatic N) is 7. The van der Waals surface area contributed by atoms with Crippen molar-refractivity contribution in [3.63, 3.8) is 0 Å². The number of thiazole rings is 1. The molecule has 1 spiro atoms. The van der Waals surface area contributed by atoms with E-state index in [2.05, 4.69) is 25.1 Å². The van der Waals surface area contributed by atoms with E-state index < -0.39 is 0 Å². The first-order valence-electron chi connectivity index (χ1n) is 10.4. The van der Waals surface area contributed by atoms with E-state index >= 15 is 0 Å². The summed E-state index contributed by atoms with van der Waals surface area (Å²) < 4.78 is 2.50. The van der Waals surface area contributed by atoms with Gasteiger partial charge in [-0.15, -0.1) is 21.5 Å². The second-order valence-corrected chi connectivity index (χ2v) is 11.5. The van der Waals surface area contributed by atoms with Crippen LogP contribution in [0.5, 0.6) is 0 Å². The number of hydrogen-bond acceptors (Lipinski definition) is 10. The van der Waals surface area contributed by atoms with Gasteiger partial charge in [0.05, 0.1) is 21.7 Å². The normalized spacial score (nSPS) is 19.5. The number of hydrogen-bond donors (Lipinski definition) is 2. The summed E-state index contributed by atoms with van der Waals surface area (Å²) in [6, 6.07) is 1.75. The number of piperidine rings is 1. The average molecular weight is 520 g/mol. The maximum Gasteiger partial charge on any atom is 0.212 e. The maximum atomic E-state index is 6.64. The van der Waals surface area contributed by atoms with E-state index in [1.54, 1.807) is 23.9 Å². The van der Waals surface area contributed by atoms with Gasteiger partial charge in [-0.05, 0) is 30.7 Å². The van der Waals surface area contributed by atoms with Crippen LogP contribution in [-0.2, 0) is 6.42 Å². The zero-order valence-corrected chi connectivity index (χ0v) is 20.4. The summed E-state index contributed by atoms with van der Waals surface area (Å²) in [5.74, 6) is 1.11. The van der Waals surface area contributed by atoms with E-state index in [0.717, 1.165) is 59.4 Å². The Balaban J connectivity index is 1.25. The molecular formula is C20H19Cl2N9S2. The van der Waals surface area contributed by atoms with E-state index in [1.165, 1.54) is 16.6 Å². The molecule has 0 bridgehead atoms. The summed E-state index contributed by atoms with van der Waals surface area (Å²) >= 11 is 15.4. The van der Waals surface area contributed by atoms with Gasteiger partial charge in [0.1, 0.15) is 12.1 Å². The lowest BCUT2D eigenvalue weighted by Crippen LogP contribution is -2.45. The Kier molecular flexibility index (Phi) is 5.15. The number of rotatable bonds is 3. The molecule has 170 valence electrons. The van der Waals surface area contributed by atoms with Crippen LogP contribution in [-0.4, -0.2) is 42.6 Å². The molecule has 4 N–H and O–H groups in total. The van der Waals surface area contributed by atoms with Gasteiger partial charge in [-0.2, -0.15) is 0 Å². The molecule has 0 saturated carbocycles. The van der Waals surface area contributed by atoms with Crippen LogP contribution in [0.3, 0.4) is 0 Å². The van der Waals surface area contributed by atoms with E-state index in [1.807, 2.05) is 16.7 Å². The standard InChI is InChI=1S/C20H19Cl2N9S2/c21-13-10(1-4-25-16(13)24)32-12-8-26-19(31-9-27-29-17(12)31)30-5-2-20(3-6-30)7-11-14(15(20)23)28-18(22)33-11/h1,4,8-9,15H,2-3,5-7,23H2,(H2,24,25)/t15-/m1/s1. The van der Waals surface area contributed by atoms with Crippen molar-refractivity contribution < 1.29 is 0 Å². The monoisotopic (exact) mass is 519 g/mol. The topological polar surface area (TPSA) is 124 Å². The Labute approximate surface area is 207 Å². The first-order chi connectivity index (χ1) is 15.9. The summed E-state index contributed by atoms with van der Waals surface area (Å²) in [4.78, 5) is 18.4. The first-order valence-corrected chi connectivity index (χ1v) is 12.8. The summed E-state index contributed by atoms with van der Waals surface area (Å²) in [7, 11) is 0. The number of fused-ring (bicyclic) bond motifs is 2. The number of aromatic nitrogens is 6. The molecule has 1 saturated heterocycles. The fourth-order valence-corrected chi connectivity index (χ4v) is 7.27. The maximum absolute atomic E-state index is 6.64. The Morgan fingerprint density at radius 1 is 1.18 bits per heavy atom. The lowest BCUT2D eigenvalue weighted by molar-refractivity contribution is 0.185. The van der Waals surface area contributed by atoms with Crippen LogP contribution in [0.25, 0.3) is 5.65 Å².